The number of hydrazone groups is 1. The van der Waals surface area contributed by atoms with E-state index in [0.717, 1.165) is 22.7 Å². The van der Waals surface area contributed by atoms with Gasteiger partial charge < -0.3 is 9.47 Å². The summed E-state index contributed by atoms with van der Waals surface area (Å²) in [5, 5.41) is 4.90. The van der Waals surface area contributed by atoms with Crippen molar-refractivity contribution >= 4 is 23.5 Å². The lowest BCUT2D eigenvalue weighted by atomic mass is 10.2. The molecule has 2 aromatic rings. The highest BCUT2D eigenvalue weighted by Crippen LogP contribution is 2.28. The molecule has 0 atom stereocenters. The molecule has 0 spiro atoms. The number of anilines is 1. The van der Waals surface area contributed by atoms with Crippen LogP contribution in [0.3, 0.4) is 0 Å². The molecule has 0 fully saturated rings. The van der Waals surface area contributed by atoms with E-state index in [1.807, 2.05) is 56.3 Å². The molecule has 0 heterocycles. The van der Waals surface area contributed by atoms with Crippen molar-refractivity contribution in [2.75, 3.05) is 18.6 Å². The van der Waals surface area contributed by atoms with E-state index in [2.05, 4.69) is 10.5 Å². The van der Waals surface area contributed by atoms with E-state index >= 15 is 0 Å². The maximum Gasteiger partial charge on any atom is 0.161 e. The number of benzene rings is 2. The Bertz CT molecular complexity index is 627. The highest BCUT2D eigenvalue weighted by Gasteiger charge is 2.04. The summed E-state index contributed by atoms with van der Waals surface area (Å²) in [6.07, 6.45) is 1.73. The summed E-state index contributed by atoms with van der Waals surface area (Å²) in [6, 6.07) is 13.1. The number of hydrogen-bond acceptors (Lipinski definition) is 4. The first-order chi connectivity index (χ1) is 10.7. The third-order valence-electron chi connectivity index (χ3n) is 2.82. The van der Waals surface area contributed by atoms with Crippen LogP contribution in [-0.4, -0.2) is 19.4 Å². The molecule has 0 saturated carbocycles. The SMILES string of the molecule is CCOc1ccc(/C=N/Nc2ccc(Cl)cc2)cc1OCC. The summed E-state index contributed by atoms with van der Waals surface area (Å²) in [6.45, 7) is 5.08. The molecule has 4 nitrogen and oxygen atoms in total. The molecule has 0 bridgehead atoms. The smallest absolute Gasteiger partial charge is 0.161 e. The molecule has 0 aromatic heterocycles. The van der Waals surface area contributed by atoms with Gasteiger partial charge in [-0.15, -0.1) is 0 Å². The van der Waals surface area contributed by atoms with Crippen LogP contribution in [0.4, 0.5) is 5.69 Å². The second-order valence-electron chi connectivity index (χ2n) is 4.45. The van der Waals surface area contributed by atoms with Crippen LogP contribution in [-0.2, 0) is 0 Å². The molecule has 0 unspecified atom stereocenters. The molecule has 0 amide bonds. The molecule has 0 aliphatic rings. The zero-order chi connectivity index (χ0) is 15.8. The Morgan fingerprint density at radius 2 is 1.68 bits per heavy atom. The minimum absolute atomic E-state index is 0.587. The van der Waals surface area contributed by atoms with Crippen molar-refractivity contribution in [3.05, 3.63) is 53.1 Å². The fourth-order valence-electron chi connectivity index (χ4n) is 1.85. The average Bonchev–Trinajstić information content (AvgIpc) is 2.52. The van der Waals surface area contributed by atoms with Crippen LogP contribution in [0.5, 0.6) is 11.5 Å². The zero-order valence-corrected chi connectivity index (χ0v) is 13.4. The van der Waals surface area contributed by atoms with Gasteiger partial charge in [-0.2, -0.15) is 5.10 Å². The van der Waals surface area contributed by atoms with Gasteiger partial charge in [-0.3, -0.25) is 5.43 Å². The lowest BCUT2D eigenvalue weighted by Crippen LogP contribution is -1.99. The summed E-state index contributed by atoms with van der Waals surface area (Å²) >= 11 is 5.84. The summed E-state index contributed by atoms with van der Waals surface area (Å²) in [5.41, 5.74) is 4.75. The number of rotatable bonds is 7. The van der Waals surface area contributed by atoms with E-state index in [4.69, 9.17) is 21.1 Å². The van der Waals surface area contributed by atoms with Crippen molar-refractivity contribution < 1.29 is 9.47 Å². The van der Waals surface area contributed by atoms with E-state index in [0.29, 0.717) is 18.2 Å². The minimum atomic E-state index is 0.587. The summed E-state index contributed by atoms with van der Waals surface area (Å²) < 4.78 is 11.1. The highest BCUT2D eigenvalue weighted by molar-refractivity contribution is 6.30. The van der Waals surface area contributed by atoms with Crippen LogP contribution < -0.4 is 14.9 Å². The molecule has 5 heteroatoms. The first-order valence-electron chi connectivity index (χ1n) is 7.17. The maximum absolute atomic E-state index is 5.84. The third kappa shape index (κ3) is 4.67. The molecule has 0 radical (unpaired) electrons. The van der Waals surface area contributed by atoms with Crippen molar-refractivity contribution in [1.29, 1.82) is 0 Å². The first-order valence-corrected chi connectivity index (χ1v) is 7.55. The van der Waals surface area contributed by atoms with E-state index < -0.39 is 0 Å². The molecule has 0 aliphatic heterocycles. The van der Waals surface area contributed by atoms with Crippen LogP contribution in [0, 0.1) is 0 Å². The normalized spacial score (nSPS) is 10.7. The number of ether oxygens (including phenoxy) is 2. The van der Waals surface area contributed by atoms with Gasteiger partial charge in [-0.25, -0.2) is 0 Å². The standard InChI is InChI=1S/C17H19ClN2O2/c1-3-21-16-10-5-13(11-17(16)22-4-2)12-19-20-15-8-6-14(18)7-9-15/h5-12,20H,3-4H2,1-2H3/b19-12+. The lowest BCUT2D eigenvalue weighted by molar-refractivity contribution is 0.288. The fraction of sp³-hybridized carbons (Fsp3) is 0.235. The zero-order valence-electron chi connectivity index (χ0n) is 12.7. The van der Waals surface area contributed by atoms with Gasteiger partial charge in [0.05, 0.1) is 25.1 Å². The Kier molecular flexibility index (Phi) is 6.10. The lowest BCUT2D eigenvalue weighted by Gasteiger charge is -2.11. The van der Waals surface area contributed by atoms with Gasteiger partial charge in [0.15, 0.2) is 11.5 Å². The summed E-state index contributed by atoms with van der Waals surface area (Å²) in [4.78, 5) is 0. The topological polar surface area (TPSA) is 42.8 Å². The van der Waals surface area contributed by atoms with E-state index in [1.165, 1.54) is 0 Å². The quantitative estimate of drug-likeness (QED) is 0.600. The van der Waals surface area contributed by atoms with Crippen molar-refractivity contribution in [2.45, 2.75) is 13.8 Å². The van der Waals surface area contributed by atoms with Crippen molar-refractivity contribution in [1.82, 2.24) is 0 Å². The maximum atomic E-state index is 5.84. The summed E-state index contributed by atoms with van der Waals surface area (Å²) in [5.74, 6) is 1.46. The molecular weight excluding hydrogens is 300 g/mol. The van der Waals surface area contributed by atoms with Gasteiger partial charge in [0, 0.05) is 5.02 Å². The molecule has 2 rings (SSSR count). The van der Waals surface area contributed by atoms with E-state index in [1.54, 1.807) is 6.21 Å². The van der Waals surface area contributed by atoms with Crippen molar-refractivity contribution in [3.63, 3.8) is 0 Å². The molecule has 0 saturated heterocycles. The second kappa shape index (κ2) is 8.29. The average molecular weight is 319 g/mol. The number of halogens is 1. The Morgan fingerprint density at radius 1 is 1.00 bits per heavy atom. The Morgan fingerprint density at radius 3 is 2.36 bits per heavy atom. The Labute approximate surface area is 135 Å². The van der Waals surface area contributed by atoms with E-state index in [-0.39, 0.29) is 0 Å². The first kappa shape index (κ1) is 16.2. The number of nitrogens with one attached hydrogen (secondary N) is 1. The molecule has 116 valence electrons. The van der Waals surface area contributed by atoms with Crippen molar-refractivity contribution in [2.24, 2.45) is 5.10 Å². The van der Waals surface area contributed by atoms with Gasteiger partial charge >= 0.3 is 0 Å². The van der Waals surface area contributed by atoms with Crippen LogP contribution >= 0.6 is 11.6 Å². The van der Waals surface area contributed by atoms with Crippen LogP contribution in [0.15, 0.2) is 47.6 Å². The number of hydrogen-bond donors (Lipinski definition) is 1. The monoisotopic (exact) mass is 318 g/mol. The van der Waals surface area contributed by atoms with Gasteiger partial charge in [-0.05, 0) is 61.9 Å². The fourth-order valence-corrected chi connectivity index (χ4v) is 1.98. The molecule has 1 N–H and O–H groups in total. The molecule has 2 aromatic carbocycles. The second-order valence-corrected chi connectivity index (χ2v) is 4.89. The van der Waals surface area contributed by atoms with Gasteiger partial charge in [-0.1, -0.05) is 11.6 Å². The molecule has 0 aliphatic carbocycles. The predicted molar refractivity (Wildman–Crippen MR) is 91.4 cm³/mol. The Balaban J connectivity index is 2.06. The van der Waals surface area contributed by atoms with E-state index in [9.17, 15) is 0 Å². The minimum Gasteiger partial charge on any atom is -0.490 e. The number of nitrogens with zero attached hydrogens (tertiary/aromatic N) is 1. The largest absolute Gasteiger partial charge is 0.490 e. The molecular formula is C17H19ClN2O2. The van der Waals surface area contributed by atoms with Gasteiger partial charge in [0.25, 0.3) is 0 Å². The highest BCUT2D eigenvalue weighted by atomic mass is 35.5. The van der Waals surface area contributed by atoms with Crippen LogP contribution in [0.1, 0.15) is 19.4 Å². The molecule has 22 heavy (non-hydrogen) atoms. The van der Waals surface area contributed by atoms with Gasteiger partial charge in [0.1, 0.15) is 0 Å². The van der Waals surface area contributed by atoms with Gasteiger partial charge in [0.2, 0.25) is 0 Å². The van der Waals surface area contributed by atoms with Crippen molar-refractivity contribution in [3.8, 4) is 11.5 Å². The van der Waals surface area contributed by atoms with Crippen LogP contribution in [0.25, 0.3) is 0 Å². The predicted octanol–water partition coefficient (Wildman–Crippen LogP) is 4.58. The summed E-state index contributed by atoms with van der Waals surface area (Å²) in [7, 11) is 0. The van der Waals surface area contributed by atoms with Crippen LogP contribution in [0.2, 0.25) is 5.02 Å². The third-order valence-corrected chi connectivity index (χ3v) is 3.07. The Hall–Kier alpha value is -2.20.